The summed E-state index contributed by atoms with van der Waals surface area (Å²) in [5.41, 5.74) is 2.28. The average molecular weight is 327 g/mol. The van der Waals surface area contributed by atoms with Gasteiger partial charge in [-0.25, -0.2) is 9.18 Å². The lowest BCUT2D eigenvalue weighted by Crippen LogP contribution is -2.05. The van der Waals surface area contributed by atoms with E-state index in [2.05, 4.69) is 5.16 Å². The number of benzene rings is 2. The van der Waals surface area contributed by atoms with E-state index < -0.39 is 11.8 Å². The van der Waals surface area contributed by atoms with Crippen molar-refractivity contribution in [3.05, 3.63) is 65.5 Å². The largest absolute Gasteiger partial charge is 0.497 e. The number of oxime groups is 1. The summed E-state index contributed by atoms with van der Waals surface area (Å²) < 4.78 is 18.0. The number of ether oxygens (including phenoxy) is 1. The molecule has 1 aliphatic rings. The predicted molar refractivity (Wildman–Crippen MR) is 88.8 cm³/mol. The van der Waals surface area contributed by atoms with Crippen LogP contribution in [0.1, 0.15) is 35.2 Å². The monoisotopic (exact) mass is 327 g/mol. The number of rotatable bonds is 5. The van der Waals surface area contributed by atoms with E-state index >= 15 is 0 Å². The van der Waals surface area contributed by atoms with Gasteiger partial charge in [-0.3, -0.25) is 0 Å². The number of carbonyl (C=O) groups excluding carboxylic acids is 1. The Kier molecular flexibility index (Phi) is 4.60. The normalized spacial score (nSPS) is 19.7. The van der Waals surface area contributed by atoms with Crippen molar-refractivity contribution in [2.45, 2.75) is 19.3 Å². The fraction of sp³-hybridized carbons (Fsp3) is 0.263. The first-order valence-electron chi connectivity index (χ1n) is 7.74. The first-order valence-corrected chi connectivity index (χ1v) is 7.74. The highest BCUT2D eigenvalue weighted by Gasteiger charge is 2.40. The lowest BCUT2D eigenvalue weighted by molar-refractivity contribution is 0.0514. The van der Waals surface area contributed by atoms with Crippen LogP contribution in [-0.2, 0) is 4.84 Å². The zero-order valence-electron chi connectivity index (χ0n) is 13.5. The van der Waals surface area contributed by atoms with Crippen molar-refractivity contribution in [1.29, 1.82) is 0 Å². The summed E-state index contributed by atoms with van der Waals surface area (Å²) in [7, 11) is 1.64. The highest BCUT2D eigenvalue weighted by molar-refractivity contribution is 5.91. The highest BCUT2D eigenvalue weighted by Crippen LogP contribution is 2.48. The fourth-order valence-corrected chi connectivity index (χ4v) is 2.70. The van der Waals surface area contributed by atoms with E-state index in [-0.39, 0.29) is 11.5 Å². The van der Waals surface area contributed by atoms with Crippen LogP contribution in [0.2, 0.25) is 0 Å². The van der Waals surface area contributed by atoms with Gasteiger partial charge in [0, 0.05) is 5.92 Å². The van der Waals surface area contributed by atoms with Crippen molar-refractivity contribution >= 4 is 11.7 Å². The molecule has 124 valence electrons. The molecule has 0 saturated heterocycles. The molecule has 0 unspecified atom stereocenters. The van der Waals surface area contributed by atoms with E-state index in [9.17, 15) is 9.18 Å². The van der Waals surface area contributed by atoms with Crippen LogP contribution in [0.4, 0.5) is 4.39 Å². The molecule has 24 heavy (non-hydrogen) atoms. The molecule has 2 aromatic carbocycles. The number of hydrogen-bond acceptors (Lipinski definition) is 4. The van der Waals surface area contributed by atoms with Gasteiger partial charge in [0.2, 0.25) is 0 Å². The molecule has 0 spiro atoms. The second-order valence-corrected chi connectivity index (χ2v) is 5.84. The van der Waals surface area contributed by atoms with Crippen LogP contribution in [0.15, 0.2) is 53.7 Å². The third kappa shape index (κ3) is 3.62. The summed E-state index contributed by atoms with van der Waals surface area (Å²) in [5.74, 6) is 0.515. The summed E-state index contributed by atoms with van der Waals surface area (Å²) in [6, 6.07) is 13.1. The van der Waals surface area contributed by atoms with Gasteiger partial charge in [0.25, 0.3) is 0 Å². The van der Waals surface area contributed by atoms with E-state index in [4.69, 9.17) is 9.57 Å². The van der Waals surface area contributed by atoms with Crippen molar-refractivity contribution < 1.29 is 18.8 Å². The lowest BCUT2D eigenvalue weighted by atomic mass is 10.1. The molecule has 0 bridgehead atoms. The van der Waals surface area contributed by atoms with Crippen molar-refractivity contribution in [1.82, 2.24) is 0 Å². The molecule has 0 radical (unpaired) electrons. The van der Waals surface area contributed by atoms with E-state index in [0.717, 1.165) is 17.9 Å². The number of halogens is 1. The number of hydrogen-bond donors (Lipinski definition) is 0. The molecule has 0 aliphatic heterocycles. The van der Waals surface area contributed by atoms with Crippen molar-refractivity contribution in [2.24, 2.45) is 11.1 Å². The van der Waals surface area contributed by atoms with Crippen molar-refractivity contribution in [3.63, 3.8) is 0 Å². The van der Waals surface area contributed by atoms with Crippen molar-refractivity contribution in [3.8, 4) is 5.75 Å². The maximum atomic E-state index is 12.8. The second kappa shape index (κ2) is 6.83. The molecular formula is C19H18FNO3. The number of nitrogens with zero attached hydrogens (tertiary/aromatic N) is 1. The summed E-state index contributed by atoms with van der Waals surface area (Å²) >= 11 is 0. The van der Waals surface area contributed by atoms with Crippen LogP contribution >= 0.6 is 0 Å². The number of methoxy groups -OCH3 is 1. The zero-order valence-corrected chi connectivity index (χ0v) is 13.5. The summed E-state index contributed by atoms with van der Waals surface area (Å²) in [5, 5.41) is 3.94. The molecule has 1 fully saturated rings. The van der Waals surface area contributed by atoms with Gasteiger partial charge >= 0.3 is 5.97 Å². The maximum absolute atomic E-state index is 12.8. The fourth-order valence-electron chi connectivity index (χ4n) is 2.70. The minimum absolute atomic E-state index is 0.274. The Balaban J connectivity index is 1.58. The third-order valence-corrected chi connectivity index (χ3v) is 4.22. The van der Waals surface area contributed by atoms with Gasteiger partial charge in [0.15, 0.2) is 0 Å². The summed E-state index contributed by atoms with van der Waals surface area (Å²) in [6.07, 6.45) is 0.982. The Morgan fingerprint density at radius 3 is 2.42 bits per heavy atom. The Morgan fingerprint density at radius 1 is 1.12 bits per heavy atom. The van der Waals surface area contributed by atoms with Gasteiger partial charge in [-0.05, 0) is 61.2 Å². The standard InChI is InChI=1S/C19H18FNO3/c1-12(21-24-19(22)14-3-7-15(20)8-4-14)17-11-18(17)13-5-9-16(23-2)10-6-13/h3-10,17-18H,11H2,1-2H3/b21-12-/t17-,18-/m1/s1. The lowest BCUT2D eigenvalue weighted by Gasteiger charge is -2.03. The molecule has 2 atom stereocenters. The molecule has 1 aliphatic carbocycles. The molecule has 2 aromatic rings. The van der Waals surface area contributed by atoms with Crippen LogP contribution < -0.4 is 4.74 Å². The molecule has 5 heteroatoms. The average Bonchev–Trinajstić information content (AvgIpc) is 3.41. The minimum atomic E-state index is -0.587. The number of carbonyl (C=O) groups is 1. The van der Waals surface area contributed by atoms with E-state index in [0.29, 0.717) is 5.92 Å². The Bertz CT molecular complexity index is 753. The highest BCUT2D eigenvalue weighted by atomic mass is 19.1. The van der Waals surface area contributed by atoms with Crippen LogP contribution in [0.3, 0.4) is 0 Å². The van der Waals surface area contributed by atoms with E-state index in [1.54, 1.807) is 7.11 Å². The first-order chi connectivity index (χ1) is 11.6. The molecule has 0 N–H and O–H groups in total. The summed E-state index contributed by atoms with van der Waals surface area (Å²) in [4.78, 5) is 16.8. The first kappa shape index (κ1) is 16.2. The predicted octanol–water partition coefficient (Wildman–Crippen LogP) is 4.17. The molecule has 0 heterocycles. The van der Waals surface area contributed by atoms with E-state index in [1.807, 2.05) is 31.2 Å². The van der Waals surface area contributed by atoms with Gasteiger partial charge in [0.1, 0.15) is 11.6 Å². The zero-order chi connectivity index (χ0) is 17.1. The Hall–Kier alpha value is -2.69. The van der Waals surface area contributed by atoms with Gasteiger partial charge in [-0.15, -0.1) is 0 Å². The van der Waals surface area contributed by atoms with Gasteiger partial charge in [0.05, 0.1) is 18.4 Å². The molecule has 4 nitrogen and oxygen atoms in total. The topological polar surface area (TPSA) is 47.9 Å². The minimum Gasteiger partial charge on any atom is -0.497 e. The molecule has 0 aromatic heterocycles. The van der Waals surface area contributed by atoms with Crippen LogP contribution in [0, 0.1) is 11.7 Å². The molecule has 0 amide bonds. The smallest absolute Gasteiger partial charge is 0.365 e. The summed E-state index contributed by atoms with van der Waals surface area (Å²) in [6.45, 7) is 1.85. The van der Waals surface area contributed by atoms with E-state index in [1.165, 1.54) is 29.8 Å². The Labute approximate surface area is 139 Å². The molecule has 1 saturated carbocycles. The van der Waals surface area contributed by atoms with Crippen LogP contribution in [0.25, 0.3) is 0 Å². The van der Waals surface area contributed by atoms with Gasteiger partial charge in [-0.2, -0.15) is 0 Å². The Morgan fingerprint density at radius 2 is 1.79 bits per heavy atom. The van der Waals surface area contributed by atoms with Gasteiger partial charge in [-0.1, -0.05) is 17.3 Å². The van der Waals surface area contributed by atoms with Crippen molar-refractivity contribution in [2.75, 3.05) is 7.11 Å². The van der Waals surface area contributed by atoms with Crippen LogP contribution in [-0.4, -0.2) is 18.8 Å². The molecule has 3 rings (SSSR count). The molecular weight excluding hydrogens is 309 g/mol. The SMILES string of the molecule is COc1ccc([C@H]2C[C@@H]2/C(C)=N\OC(=O)c2ccc(F)cc2)cc1. The second-order valence-electron chi connectivity index (χ2n) is 5.84. The quantitative estimate of drug-likeness (QED) is 0.470. The van der Waals surface area contributed by atoms with Crippen LogP contribution in [0.5, 0.6) is 5.75 Å². The van der Waals surface area contributed by atoms with Gasteiger partial charge < -0.3 is 9.57 Å². The maximum Gasteiger partial charge on any atom is 0.365 e. The third-order valence-electron chi connectivity index (χ3n) is 4.22.